The van der Waals surface area contributed by atoms with Crippen LogP contribution in [0.15, 0.2) is 5.16 Å². The van der Waals surface area contributed by atoms with Crippen LogP contribution in [0.2, 0.25) is 0 Å². The smallest absolute Gasteiger partial charge is 0.266 e. The summed E-state index contributed by atoms with van der Waals surface area (Å²) in [7, 11) is 0. The van der Waals surface area contributed by atoms with E-state index in [4.69, 9.17) is 10.9 Å². The van der Waals surface area contributed by atoms with Crippen LogP contribution in [0.3, 0.4) is 0 Å². The molecule has 0 aliphatic carbocycles. The second kappa shape index (κ2) is 3.87. The lowest BCUT2D eigenvalue weighted by atomic mass is 10.1. The van der Waals surface area contributed by atoms with E-state index < -0.39 is 5.91 Å². The molecule has 4 nitrogen and oxygen atoms in total. The van der Waals surface area contributed by atoms with Gasteiger partial charge in [0, 0.05) is 6.42 Å². The van der Waals surface area contributed by atoms with E-state index in [0.717, 1.165) is 0 Å². The number of amides is 1. The van der Waals surface area contributed by atoms with Crippen LogP contribution in [0.5, 0.6) is 0 Å². The number of carbonyl (C=O) groups excluding carboxylic acids is 1. The Bertz CT molecular complexity index is 152. The number of oxime groups is 1. The van der Waals surface area contributed by atoms with Gasteiger partial charge in [-0.05, 0) is 5.92 Å². The molecule has 10 heavy (non-hydrogen) atoms. The predicted molar refractivity (Wildman–Crippen MR) is 37.9 cm³/mol. The Morgan fingerprint density at radius 2 is 2.20 bits per heavy atom. The Morgan fingerprint density at radius 3 is 2.30 bits per heavy atom. The SMILES string of the molecule is CC(C)C/C(=N\O)C(N)=O. The fraction of sp³-hybridized carbons (Fsp3) is 0.667. The topological polar surface area (TPSA) is 75.7 Å². The van der Waals surface area contributed by atoms with Crippen molar-refractivity contribution in [2.75, 3.05) is 0 Å². The molecule has 0 aliphatic heterocycles. The van der Waals surface area contributed by atoms with Crippen LogP contribution in [-0.4, -0.2) is 16.8 Å². The molecule has 0 aliphatic rings. The molecule has 4 heteroatoms. The van der Waals surface area contributed by atoms with Crippen LogP contribution in [0, 0.1) is 5.92 Å². The van der Waals surface area contributed by atoms with Crippen LogP contribution >= 0.6 is 0 Å². The Hall–Kier alpha value is -1.06. The molecular formula is C6H12N2O2. The van der Waals surface area contributed by atoms with Crippen molar-refractivity contribution in [3.8, 4) is 0 Å². The molecule has 0 saturated carbocycles. The van der Waals surface area contributed by atoms with Gasteiger partial charge in [0.25, 0.3) is 5.91 Å². The molecule has 3 N–H and O–H groups in total. The number of carbonyl (C=O) groups is 1. The average Bonchev–Trinajstić information content (AvgIpc) is 1.81. The van der Waals surface area contributed by atoms with E-state index in [9.17, 15) is 4.79 Å². The Morgan fingerprint density at radius 1 is 1.70 bits per heavy atom. The molecule has 0 unspecified atom stereocenters. The minimum Gasteiger partial charge on any atom is -0.410 e. The van der Waals surface area contributed by atoms with Gasteiger partial charge in [0.1, 0.15) is 5.71 Å². The highest BCUT2D eigenvalue weighted by Crippen LogP contribution is 2.00. The van der Waals surface area contributed by atoms with E-state index in [1.54, 1.807) is 0 Å². The summed E-state index contributed by atoms with van der Waals surface area (Å²) >= 11 is 0. The average molecular weight is 144 g/mol. The number of nitrogens with two attached hydrogens (primary N) is 1. The summed E-state index contributed by atoms with van der Waals surface area (Å²) in [6.45, 7) is 3.82. The summed E-state index contributed by atoms with van der Waals surface area (Å²) in [6, 6.07) is 0. The van der Waals surface area contributed by atoms with E-state index in [1.807, 2.05) is 13.8 Å². The maximum Gasteiger partial charge on any atom is 0.266 e. The third kappa shape index (κ3) is 3.06. The highest BCUT2D eigenvalue weighted by atomic mass is 16.4. The van der Waals surface area contributed by atoms with Crippen LogP contribution in [0.25, 0.3) is 0 Å². The number of rotatable bonds is 3. The molecule has 0 spiro atoms. The van der Waals surface area contributed by atoms with E-state index in [-0.39, 0.29) is 11.6 Å². The van der Waals surface area contributed by atoms with Crippen molar-refractivity contribution in [3.63, 3.8) is 0 Å². The third-order valence-electron chi connectivity index (χ3n) is 1.01. The number of primary amides is 1. The first kappa shape index (κ1) is 8.94. The van der Waals surface area contributed by atoms with Gasteiger partial charge in [-0.15, -0.1) is 0 Å². The maximum atomic E-state index is 10.4. The molecule has 0 aromatic heterocycles. The van der Waals surface area contributed by atoms with Gasteiger partial charge in [-0.3, -0.25) is 4.79 Å². The zero-order valence-corrected chi connectivity index (χ0v) is 6.16. The predicted octanol–water partition coefficient (Wildman–Crippen LogP) is 0.348. The summed E-state index contributed by atoms with van der Waals surface area (Å²) in [6.07, 6.45) is 0.422. The standard InChI is InChI=1S/C6H12N2O2/c1-4(2)3-5(8-10)6(7)9/h4,10H,3H2,1-2H3,(H2,7,9)/b8-5+. The molecule has 0 heterocycles. The monoisotopic (exact) mass is 144 g/mol. The van der Waals surface area contributed by atoms with Gasteiger partial charge >= 0.3 is 0 Å². The molecule has 58 valence electrons. The fourth-order valence-electron chi connectivity index (χ4n) is 0.577. The third-order valence-corrected chi connectivity index (χ3v) is 1.01. The second-order valence-corrected chi connectivity index (χ2v) is 2.51. The highest BCUT2D eigenvalue weighted by molar-refractivity contribution is 6.38. The summed E-state index contributed by atoms with van der Waals surface area (Å²) < 4.78 is 0. The van der Waals surface area contributed by atoms with Crippen molar-refractivity contribution in [2.24, 2.45) is 16.8 Å². The molecule has 0 rings (SSSR count). The minimum absolute atomic E-state index is 0.0370. The lowest BCUT2D eigenvalue weighted by molar-refractivity contribution is -0.112. The molecule has 0 saturated heterocycles. The zero-order valence-electron chi connectivity index (χ0n) is 6.16. The number of nitrogens with zero attached hydrogens (tertiary/aromatic N) is 1. The van der Waals surface area contributed by atoms with Gasteiger partial charge in [-0.25, -0.2) is 0 Å². The molecule has 0 aromatic rings. The van der Waals surface area contributed by atoms with Crippen molar-refractivity contribution < 1.29 is 10.0 Å². The summed E-state index contributed by atoms with van der Waals surface area (Å²) in [5.74, 6) is -0.380. The van der Waals surface area contributed by atoms with Crippen molar-refractivity contribution >= 4 is 11.6 Å². The first-order valence-corrected chi connectivity index (χ1v) is 3.08. The van der Waals surface area contributed by atoms with Crippen LogP contribution in [0.4, 0.5) is 0 Å². The summed E-state index contributed by atoms with van der Waals surface area (Å²) in [4.78, 5) is 10.4. The Balaban J connectivity index is 3.99. The number of hydrogen-bond acceptors (Lipinski definition) is 3. The lowest BCUT2D eigenvalue weighted by Crippen LogP contribution is -2.24. The van der Waals surface area contributed by atoms with Gasteiger partial charge in [-0.1, -0.05) is 19.0 Å². The van der Waals surface area contributed by atoms with Gasteiger partial charge in [0.15, 0.2) is 0 Å². The quantitative estimate of drug-likeness (QED) is 0.340. The van der Waals surface area contributed by atoms with E-state index in [2.05, 4.69) is 5.16 Å². The van der Waals surface area contributed by atoms with Crippen LogP contribution in [0.1, 0.15) is 20.3 Å². The zero-order chi connectivity index (χ0) is 8.15. The molecule has 1 amide bonds. The summed E-state index contributed by atoms with van der Waals surface area (Å²) in [5, 5.41) is 11.0. The first-order chi connectivity index (χ1) is 4.57. The van der Waals surface area contributed by atoms with Gasteiger partial charge in [0.05, 0.1) is 0 Å². The van der Waals surface area contributed by atoms with Crippen LogP contribution in [-0.2, 0) is 4.79 Å². The van der Waals surface area contributed by atoms with E-state index in [1.165, 1.54) is 0 Å². The molecule has 0 bridgehead atoms. The summed E-state index contributed by atoms with van der Waals surface area (Å²) in [5.41, 5.74) is 4.90. The molecule has 0 aromatic carbocycles. The number of hydrogen-bond donors (Lipinski definition) is 2. The molecule has 0 fully saturated rings. The molecule has 0 radical (unpaired) electrons. The van der Waals surface area contributed by atoms with E-state index in [0.29, 0.717) is 6.42 Å². The van der Waals surface area contributed by atoms with Crippen molar-refractivity contribution in [3.05, 3.63) is 0 Å². The molecular weight excluding hydrogens is 132 g/mol. The highest BCUT2D eigenvalue weighted by Gasteiger charge is 2.08. The van der Waals surface area contributed by atoms with Crippen molar-refractivity contribution in [1.29, 1.82) is 0 Å². The lowest BCUT2D eigenvalue weighted by Gasteiger charge is -2.01. The largest absolute Gasteiger partial charge is 0.410 e. The first-order valence-electron chi connectivity index (χ1n) is 3.08. The fourth-order valence-corrected chi connectivity index (χ4v) is 0.577. The second-order valence-electron chi connectivity index (χ2n) is 2.51. The van der Waals surface area contributed by atoms with E-state index >= 15 is 0 Å². The Kier molecular flexibility index (Phi) is 3.46. The normalized spacial score (nSPS) is 12.1. The van der Waals surface area contributed by atoms with Crippen molar-refractivity contribution in [1.82, 2.24) is 0 Å². The maximum absolute atomic E-state index is 10.4. The van der Waals surface area contributed by atoms with Gasteiger partial charge < -0.3 is 10.9 Å². The minimum atomic E-state index is -0.656. The molecule has 0 atom stereocenters. The van der Waals surface area contributed by atoms with Crippen LogP contribution < -0.4 is 5.73 Å². The van der Waals surface area contributed by atoms with Gasteiger partial charge in [-0.2, -0.15) is 0 Å². The van der Waals surface area contributed by atoms with Crippen molar-refractivity contribution in [2.45, 2.75) is 20.3 Å². The van der Waals surface area contributed by atoms with Gasteiger partial charge in [0.2, 0.25) is 0 Å². The Labute approximate surface area is 59.7 Å².